The molecule has 9 heteroatoms. The summed E-state index contributed by atoms with van der Waals surface area (Å²) in [5.41, 5.74) is 1.24. The van der Waals surface area contributed by atoms with E-state index in [1.54, 1.807) is 4.57 Å². The highest BCUT2D eigenvalue weighted by molar-refractivity contribution is 7.90. The number of aromatic amines is 1. The molecule has 0 saturated heterocycles. The van der Waals surface area contributed by atoms with Crippen LogP contribution < -0.4 is 4.74 Å². The lowest BCUT2D eigenvalue weighted by Gasteiger charge is -2.03. The Morgan fingerprint density at radius 1 is 1.47 bits per heavy atom. The van der Waals surface area contributed by atoms with Gasteiger partial charge in [0.25, 0.3) is 0 Å². The minimum Gasteiger partial charge on any atom is -0.479 e. The predicted molar refractivity (Wildman–Crippen MR) is 73.6 cm³/mol. The molecule has 2 rings (SSSR count). The van der Waals surface area contributed by atoms with Crippen LogP contribution in [0.15, 0.2) is 6.33 Å². The van der Waals surface area contributed by atoms with Crippen molar-refractivity contribution in [2.75, 3.05) is 19.1 Å². The topological polar surface area (TPSA) is 89.9 Å². The zero-order valence-electron chi connectivity index (χ0n) is 10.6. The van der Waals surface area contributed by atoms with Gasteiger partial charge < -0.3 is 14.3 Å². The van der Waals surface area contributed by atoms with E-state index in [4.69, 9.17) is 17.0 Å². The second kappa shape index (κ2) is 5.25. The summed E-state index contributed by atoms with van der Waals surface area (Å²) in [6.45, 7) is 0.478. The van der Waals surface area contributed by atoms with Gasteiger partial charge >= 0.3 is 0 Å². The number of imidazole rings is 1. The van der Waals surface area contributed by atoms with Gasteiger partial charge in [-0.15, -0.1) is 0 Å². The second-order valence-electron chi connectivity index (χ2n) is 4.15. The van der Waals surface area contributed by atoms with Gasteiger partial charge in [0.2, 0.25) is 5.88 Å². The van der Waals surface area contributed by atoms with Crippen LogP contribution in [0, 0.1) is 4.77 Å². The number of rotatable bonds is 5. The fourth-order valence-corrected chi connectivity index (χ4v) is 2.73. The molecule has 0 aromatic carbocycles. The number of aryl methyl sites for hydroxylation is 1. The maximum atomic E-state index is 11.1. The van der Waals surface area contributed by atoms with Gasteiger partial charge in [0.15, 0.2) is 10.4 Å². The highest BCUT2D eigenvalue weighted by Gasteiger charge is 2.11. The van der Waals surface area contributed by atoms with Gasteiger partial charge in [-0.25, -0.2) is 13.4 Å². The summed E-state index contributed by atoms with van der Waals surface area (Å²) in [6, 6.07) is 0. The average Bonchev–Trinajstić information content (AvgIpc) is 2.64. The molecule has 0 atom stereocenters. The van der Waals surface area contributed by atoms with Gasteiger partial charge in [-0.05, 0) is 18.6 Å². The standard InChI is InChI=1S/C10H14N4O3S2/c1-17-9-7-8(11-6-12-9)14(10(18)13-7)4-3-5-19(2,15)16/h6H,3-5H2,1-2H3,(H,13,18). The van der Waals surface area contributed by atoms with Crippen LogP contribution in [-0.2, 0) is 16.4 Å². The Hall–Kier alpha value is -1.48. The van der Waals surface area contributed by atoms with Crippen molar-refractivity contribution in [3.05, 3.63) is 11.1 Å². The van der Waals surface area contributed by atoms with Crippen LogP contribution in [0.25, 0.3) is 11.2 Å². The molecule has 0 aliphatic heterocycles. The smallest absolute Gasteiger partial charge is 0.242 e. The molecule has 0 unspecified atom stereocenters. The quantitative estimate of drug-likeness (QED) is 0.826. The van der Waals surface area contributed by atoms with E-state index in [0.717, 1.165) is 0 Å². The van der Waals surface area contributed by atoms with Crippen molar-refractivity contribution in [2.45, 2.75) is 13.0 Å². The summed E-state index contributed by atoms with van der Waals surface area (Å²) in [7, 11) is -1.46. The Bertz CT molecular complexity index is 748. The SMILES string of the molecule is COc1ncnc2c1[nH]c(=S)n2CCCS(C)(=O)=O. The average molecular weight is 302 g/mol. The van der Waals surface area contributed by atoms with Gasteiger partial charge in [-0.3, -0.25) is 0 Å². The maximum Gasteiger partial charge on any atom is 0.242 e. The van der Waals surface area contributed by atoms with Gasteiger partial charge in [0.05, 0.1) is 12.9 Å². The number of hydrogen-bond acceptors (Lipinski definition) is 6. The van der Waals surface area contributed by atoms with Crippen LogP contribution in [0.4, 0.5) is 0 Å². The minimum atomic E-state index is -2.97. The molecule has 0 fully saturated rings. The molecule has 0 bridgehead atoms. The Kier molecular flexibility index (Phi) is 3.85. The van der Waals surface area contributed by atoms with Crippen molar-refractivity contribution >= 4 is 33.2 Å². The van der Waals surface area contributed by atoms with Gasteiger partial charge in [-0.2, -0.15) is 4.98 Å². The highest BCUT2D eigenvalue weighted by Crippen LogP contribution is 2.20. The first-order valence-corrected chi connectivity index (χ1v) is 8.04. The van der Waals surface area contributed by atoms with Crippen molar-refractivity contribution in [1.82, 2.24) is 19.5 Å². The third kappa shape index (κ3) is 3.10. The van der Waals surface area contributed by atoms with E-state index in [1.165, 1.54) is 19.7 Å². The fraction of sp³-hybridized carbons (Fsp3) is 0.500. The van der Waals surface area contributed by atoms with Crippen LogP contribution in [-0.4, -0.2) is 47.1 Å². The third-order valence-corrected chi connectivity index (χ3v) is 3.97. The largest absolute Gasteiger partial charge is 0.479 e. The van der Waals surface area contributed by atoms with Crippen molar-refractivity contribution in [3.63, 3.8) is 0 Å². The van der Waals surface area contributed by atoms with Gasteiger partial charge in [-0.1, -0.05) is 0 Å². The van der Waals surface area contributed by atoms with Crippen molar-refractivity contribution in [3.8, 4) is 5.88 Å². The lowest BCUT2D eigenvalue weighted by molar-refractivity contribution is 0.401. The maximum absolute atomic E-state index is 11.1. The lowest BCUT2D eigenvalue weighted by Crippen LogP contribution is -2.08. The van der Waals surface area contributed by atoms with Crippen LogP contribution in [0.5, 0.6) is 5.88 Å². The Balaban J connectivity index is 2.33. The summed E-state index contributed by atoms with van der Waals surface area (Å²) < 4.78 is 29.6. The van der Waals surface area contributed by atoms with E-state index in [9.17, 15) is 8.42 Å². The third-order valence-electron chi connectivity index (χ3n) is 2.62. The number of nitrogens with zero attached hydrogens (tertiary/aromatic N) is 3. The second-order valence-corrected chi connectivity index (χ2v) is 6.79. The van der Waals surface area contributed by atoms with Crippen molar-refractivity contribution < 1.29 is 13.2 Å². The zero-order valence-corrected chi connectivity index (χ0v) is 12.2. The molecular weight excluding hydrogens is 288 g/mol. The first kappa shape index (κ1) is 13.9. The number of hydrogen-bond donors (Lipinski definition) is 1. The van der Waals surface area contributed by atoms with E-state index >= 15 is 0 Å². The summed E-state index contributed by atoms with van der Waals surface area (Å²) in [5.74, 6) is 0.530. The number of ether oxygens (including phenoxy) is 1. The first-order valence-electron chi connectivity index (χ1n) is 5.57. The van der Waals surface area contributed by atoms with E-state index < -0.39 is 9.84 Å². The van der Waals surface area contributed by atoms with E-state index in [-0.39, 0.29) is 5.75 Å². The van der Waals surface area contributed by atoms with Crippen molar-refractivity contribution in [2.24, 2.45) is 0 Å². The van der Waals surface area contributed by atoms with Gasteiger partial charge in [0.1, 0.15) is 21.7 Å². The number of methoxy groups -OCH3 is 1. The molecule has 104 valence electrons. The number of H-pyrrole nitrogens is 1. The molecule has 0 amide bonds. The van der Waals surface area contributed by atoms with E-state index in [1.807, 2.05) is 0 Å². The molecule has 7 nitrogen and oxygen atoms in total. The molecule has 0 saturated carbocycles. The fourth-order valence-electron chi connectivity index (χ4n) is 1.79. The molecule has 0 spiro atoms. The highest BCUT2D eigenvalue weighted by atomic mass is 32.2. The molecule has 1 N–H and O–H groups in total. The lowest BCUT2D eigenvalue weighted by atomic mass is 10.4. The molecule has 2 aromatic heterocycles. The van der Waals surface area contributed by atoms with Crippen LogP contribution in [0.2, 0.25) is 0 Å². The first-order chi connectivity index (χ1) is 8.92. The Morgan fingerprint density at radius 2 is 2.21 bits per heavy atom. The normalized spacial score (nSPS) is 11.9. The molecule has 2 aromatic rings. The monoisotopic (exact) mass is 302 g/mol. The summed E-state index contributed by atoms with van der Waals surface area (Å²) in [4.78, 5) is 11.1. The Labute approximate surface area is 115 Å². The van der Waals surface area contributed by atoms with Crippen LogP contribution in [0.3, 0.4) is 0 Å². The number of nitrogens with one attached hydrogen (secondary N) is 1. The van der Waals surface area contributed by atoms with Gasteiger partial charge in [0, 0.05) is 12.8 Å². The molecule has 2 heterocycles. The summed E-state index contributed by atoms with van der Waals surface area (Å²) in [5, 5.41) is 0. The van der Waals surface area contributed by atoms with Crippen LogP contribution >= 0.6 is 12.2 Å². The van der Waals surface area contributed by atoms with Crippen LogP contribution in [0.1, 0.15) is 6.42 Å². The predicted octanol–water partition coefficient (Wildman–Crippen LogP) is 0.932. The summed E-state index contributed by atoms with van der Waals surface area (Å²) >= 11 is 5.20. The van der Waals surface area contributed by atoms with E-state index in [0.29, 0.717) is 34.8 Å². The number of sulfone groups is 1. The number of aromatic nitrogens is 4. The number of fused-ring (bicyclic) bond motifs is 1. The molecule has 19 heavy (non-hydrogen) atoms. The summed E-state index contributed by atoms with van der Waals surface area (Å²) in [6.07, 6.45) is 3.08. The molecule has 0 aliphatic rings. The zero-order chi connectivity index (χ0) is 14.0. The molecule has 0 radical (unpaired) electrons. The molecular formula is C10H14N4O3S2. The van der Waals surface area contributed by atoms with Crippen molar-refractivity contribution in [1.29, 1.82) is 0 Å². The molecule has 0 aliphatic carbocycles. The van der Waals surface area contributed by atoms with E-state index in [2.05, 4.69) is 15.0 Å². The Morgan fingerprint density at radius 3 is 2.84 bits per heavy atom. The minimum absolute atomic E-state index is 0.115.